The number of hydrogen-bond acceptors (Lipinski definition) is 7. The van der Waals surface area contributed by atoms with Crippen molar-refractivity contribution in [3.63, 3.8) is 0 Å². The molecule has 4 atom stereocenters. The molecule has 0 aliphatic carbocycles. The molecule has 37 heavy (non-hydrogen) atoms. The van der Waals surface area contributed by atoms with Crippen LogP contribution in [0, 0.1) is 5.92 Å². The highest BCUT2D eigenvalue weighted by Gasteiger charge is 2.31. The van der Waals surface area contributed by atoms with Gasteiger partial charge in [0.2, 0.25) is 23.6 Å². The molecule has 0 aliphatic rings. The Hall–Kier alpha value is -3.58. The molecule has 0 spiro atoms. The Morgan fingerprint density at radius 2 is 1.57 bits per heavy atom. The predicted octanol–water partition coefficient (Wildman–Crippen LogP) is -0.572. The van der Waals surface area contributed by atoms with Gasteiger partial charge in [-0.2, -0.15) is 12.6 Å². The quantitative estimate of drug-likeness (QED) is 0.148. The fraction of sp³-hybridized carbons (Fsp3) is 0.458. The number of H-pyrrole nitrogens is 1. The lowest BCUT2D eigenvalue weighted by Crippen LogP contribution is -2.58. The topological polar surface area (TPSA) is 209 Å². The van der Waals surface area contributed by atoms with Gasteiger partial charge in [0.05, 0.1) is 12.5 Å². The van der Waals surface area contributed by atoms with Crippen LogP contribution in [-0.4, -0.2) is 69.6 Å². The van der Waals surface area contributed by atoms with E-state index in [4.69, 9.17) is 11.5 Å². The molecule has 0 bridgehead atoms. The number of para-hydroxylation sites is 1. The summed E-state index contributed by atoms with van der Waals surface area (Å²) < 4.78 is 0. The Bertz CT molecular complexity index is 1140. The van der Waals surface area contributed by atoms with Gasteiger partial charge in [0, 0.05) is 29.3 Å². The Kier molecular flexibility index (Phi) is 10.9. The molecule has 12 nitrogen and oxygen atoms in total. The number of fused-ring (bicyclic) bond motifs is 1. The monoisotopic (exact) mass is 534 g/mol. The van der Waals surface area contributed by atoms with Crippen LogP contribution in [0.2, 0.25) is 0 Å². The summed E-state index contributed by atoms with van der Waals surface area (Å²) in [6, 6.07) is 2.69. The van der Waals surface area contributed by atoms with Gasteiger partial charge in [-0.3, -0.25) is 19.2 Å². The van der Waals surface area contributed by atoms with Crippen molar-refractivity contribution in [1.82, 2.24) is 20.9 Å². The second kappa shape index (κ2) is 13.7. The summed E-state index contributed by atoms with van der Waals surface area (Å²) in [5.74, 6) is -4.48. The number of aromatic amines is 1. The van der Waals surface area contributed by atoms with Crippen LogP contribution in [0.15, 0.2) is 30.5 Å². The summed E-state index contributed by atoms with van der Waals surface area (Å²) in [5.41, 5.74) is 12.7. The number of carboxylic acids is 1. The SMILES string of the molecule is CC(C)CC(N)C(=O)NC(Cc1c[nH]c2ccccc12)C(=O)NC(CS)C(=O)NC(CC(N)=O)C(=O)O. The average Bonchev–Trinajstić information content (AvgIpc) is 3.23. The Morgan fingerprint density at radius 3 is 2.16 bits per heavy atom. The number of aliphatic carboxylic acids is 1. The van der Waals surface area contributed by atoms with Gasteiger partial charge in [0.25, 0.3) is 0 Å². The van der Waals surface area contributed by atoms with E-state index in [9.17, 15) is 29.1 Å². The number of rotatable bonds is 14. The fourth-order valence-corrected chi connectivity index (χ4v) is 4.02. The Labute approximate surface area is 219 Å². The highest BCUT2D eigenvalue weighted by Crippen LogP contribution is 2.19. The van der Waals surface area contributed by atoms with E-state index in [0.29, 0.717) is 6.42 Å². The number of carbonyl (C=O) groups excluding carboxylic acids is 4. The van der Waals surface area contributed by atoms with Crippen LogP contribution < -0.4 is 27.4 Å². The van der Waals surface area contributed by atoms with Crippen molar-refractivity contribution in [2.45, 2.75) is 57.3 Å². The normalized spacial score (nSPS) is 14.4. The van der Waals surface area contributed by atoms with Crippen molar-refractivity contribution in [2.24, 2.45) is 17.4 Å². The van der Waals surface area contributed by atoms with E-state index in [1.165, 1.54) is 0 Å². The van der Waals surface area contributed by atoms with Gasteiger partial charge in [0.1, 0.15) is 18.1 Å². The average molecular weight is 535 g/mol. The molecule has 2 aromatic rings. The number of hydrogen-bond donors (Lipinski definition) is 8. The number of nitrogens with one attached hydrogen (secondary N) is 4. The van der Waals surface area contributed by atoms with Gasteiger partial charge in [-0.15, -0.1) is 0 Å². The molecule has 1 aromatic heterocycles. The lowest BCUT2D eigenvalue weighted by Gasteiger charge is -2.24. The molecular formula is C24H34N6O6S. The van der Waals surface area contributed by atoms with Gasteiger partial charge in [0.15, 0.2) is 0 Å². The Morgan fingerprint density at radius 1 is 0.973 bits per heavy atom. The standard InChI is InChI=1S/C24H34N6O6S/c1-12(2)7-15(25)21(32)28-17(8-13-10-27-16-6-4-3-5-14(13)16)22(33)30-19(11-37)23(34)29-18(24(35)36)9-20(26)31/h3-6,10,12,15,17-19,27,37H,7-9,11,25H2,1-2H3,(H2,26,31)(H,28,32)(H,29,34)(H,30,33)(H,35,36). The number of benzene rings is 1. The van der Waals surface area contributed by atoms with Gasteiger partial charge in [-0.05, 0) is 24.0 Å². The van der Waals surface area contributed by atoms with E-state index in [0.717, 1.165) is 16.5 Å². The van der Waals surface area contributed by atoms with Crippen molar-refractivity contribution in [3.05, 3.63) is 36.0 Å². The van der Waals surface area contributed by atoms with Crippen LogP contribution in [0.5, 0.6) is 0 Å². The third kappa shape index (κ3) is 8.79. The van der Waals surface area contributed by atoms with Crippen molar-refractivity contribution in [2.75, 3.05) is 5.75 Å². The summed E-state index contributed by atoms with van der Waals surface area (Å²) in [6.07, 6.45) is 1.61. The highest BCUT2D eigenvalue weighted by atomic mass is 32.1. The van der Waals surface area contributed by atoms with E-state index in [1.54, 1.807) is 6.20 Å². The van der Waals surface area contributed by atoms with Crippen LogP contribution >= 0.6 is 12.6 Å². The maximum absolute atomic E-state index is 13.3. The van der Waals surface area contributed by atoms with Crippen molar-refractivity contribution in [3.8, 4) is 0 Å². The van der Waals surface area contributed by atoms with Crippen molar-refractivity contribution < 1.29 is 29.1 Å². The maximum Gasteiger partial charge on any atom is 0.326 e. The van der Waals surface area contributed by atoms with Crippen LogP contribution in [0.1, 0.15) is 32.3 Å². The molecule has 0 saturated heterocycles. The Balaban J connectivity index is 2.23. The molecule has 9 N–H and O–H groups in total. The third-order valence-corrected chi connectivity index (χ3v) is 5.99. The first-order chi connectivity index (χ1) is 17.4. The number of aromatic nitrogens is 1. The number of thiol groups is 1. The van der Waals surface area contributed by atoms with Crippen LogP contribution in [0.3, 0.4) is 0 Å². The van der Waals surface area contributed by atoms with Crippen LogP contribution in [-0.2, 0) is 30.4 Å². The fourth-order valence-electron chi connectivity index (χ4n) is 3.76. The predicted molar refractivity (Wildman–Crippen MR) is 141 cm³/mol. The zero-order chi connectivity index (χ0) is 27.7. The molecular weight excluding hydrogens is 500 g/mol. The molecule has 1 heterocycles. The van der Waals surface area contributed by atoms with Crippen LogP contribution in [0.4, 0.5) is 0 Å². The molecule has 2 rings (SSSR count). The molecule has 4 unspecified atom stereocenters. The van der Waals surface area contributed by atoms with E-state index >= 15 is 0 Å². The van der Waals surface area contributed by atoms with Crippen molar-refractivity contribution >= 4 is 53.1 Å². The smallest absolute Gasteiger partial charge is 0.326 e. The number of carboxylic acid groups (broad SMARTS) is 1. The van der Waals surface area contributed by atoms with Gasteiger partial charge in [-0.1, -0.05) is 32.0 Å². The summed E-state index contributed by atoms with van der Waals surface area (Å²) >= 11 is 4.09. The van der Waals surface area contributed by atoms with Gasteiger partial charge >= 0.3 is 5.97 Å². The zero-order valence-electron chi connectivity index (χ0n) is 20.7. The summed E-state index contributed by atoms with van der Waals surface area (Å²) in [5, 5.41) is 17.5. The number of carbonyl (C=O) groups is 5. The molecule has 0 fully saturated rings. The minimum atomic E-state index is -1.57. The van der Waals surface area contributed by atoms with Crippen molar-refractivity contribution in [1.29, 1.82) is 0 Å². The van der Waals surface area contributed by atoms with Crippen LogP contribution in [0.25, 0.3) is 10.9 Å². The molecule has 0 aliphatic heterocycles. The highest BCUT2D eigenvalue weighted by molar-refractivity contribution is 7.80. The first kappa shape index (κ1) is 29.6. The minimum Gasteiger partial charge on any atom is -0.480 e. The number of nitrogens with two attached hydrogens (primary N) is 2. The second-order valence-electron chi connectivity index (χ2n) is 9.17. The third-order valence-electron chi connectivity index (χ3n) is 5.63. The second-order valence-corrected chi connectivity index (χ2v) is 9.54. The van der Waals surface area contributed by atoms with E-state index in [-0.39, 0.29) is 18.1 Å². The summed E-state index contributed by atoms with van der Waals surface area (Å²) in [6.45, 7) is 3.84. The first-order valence-electron chi connectivity index (χ1n) is 11.8. The molecule has 0 saturated carbocycles. The minimum absolute atomic E-state index is 0.0936. The zero-order valence-corrected chi connectivity index (χ0v) is 21.6. The molecule has 13 heteroatoms. The first-order valence-corrected chi connectivity index (χ1v) is 12.4. The van der Waals surface area contributed by atoms with Gasteiger partial charge < -0.3 is 37.5 Å². The lowest BCUT2D eigenvalue weighted by molar-refractivity contribution is -0.143. The molecule has 0 radical (unpaired) electrons. The maximum atomic E-state index is 13.3. The molecule has 202 valence electrons. The molecule has 1 aromatic carbocycles. The van der Waals surface area contributed by atoms with Gasteiger partial charge in [-0.25, -0.2) is 4.79 Å². The van der Waals surface area contributed by atoms with E-state index in [2.05, 4.69) is 33.6 Å². The summed E-state index contributed by atoms with van der Waals surface area (Å²) in [4.78, 5) is 64.3. The summed E-state index contributed by atoms with van der Waals surface area (Å²) in [7, 11) is 0. The molecule has 4 amide bonds. The largest absolute Gasteiger partial charge is 0.480 e. The van der Waals surface area contributed by atoms with E-state index < -0.39 is 60.2 Å². The lowest BCUT2D eigenvalue weighted by atomic mass is 10.0. The number of primary amides is 1. The number of amides is 4. The van der Waals surface area contributed by atoms with E-state index in [1.807, 2.05) is 38.1 Å².